The summed E-state index contributed by atoms with van der Waals surface area (Å²) in [5.74, 6) is -0.971. The molecule has 1 amide bonds. The number of hydrogen-bond donors (Lipinski definition) is 2. The van der Waals surface area contributed by atoms with E-state index in [1.165, 1.54) is 11.1 Å². The first kappa shape index (κ1) is 22.1. The number of amides is 1. The summed E-state index contributed by atoms with van der Waals surface area (Å²) in [7, 11) is 0. The Balaban J connectivity index is 1.45. The van der Waals surface area contributed by atoms with Gasteiger partial charge >= 0.3 is 5.97 Å². The van der Waals surface area contributed by atoms with Crippen molar-refractivity contribution in [2.45, 2.75) is 34.1 Å². The second-order valence-electron chi connectivity index (χ2n) is 10.3. The number of nitrogens with zero attached hydrogens (tertiary/aromatic N) is 2. The van der Waals surface area contributed by atoms with Gasteiger partial charge in [0, 0.05) is 29.3 Å². The first-order chi connectivity index (χ1) is 16.1. The van der Waals surface area contributed by atoms with Gasteiger partial charge in [-0.1, -0.05) is 62.3 Å². The summed E-state index contributed by atoms with van der Waals surface area (Å²) >= 11 is 0. The highest BCUT2D eigenvalue weighted by atomic mass is 16.4. The molecule has 0 radical (unpaired) electrons. The first-order valence-corrected chi connectivity index (χ1v) is 11.6. The van der Waals surface area contributed by atoms with E-state index >= 15 is 0 Å². The fraction of sp³-hybridized carbons (Fsp3) is 0.321. The molecule has 6 nitrogen and oxygen atoms in total. The van der Waals surface area contributed by atoms with E-state index in [2.05, 4.69) is 43.1 Å². The average molecular weight is 456 g/mol. The Morgan fingerprint density at radius 2 is 1.79 bits per heavy atom. The standard InChI is InChI=1S/C28H29N3O3/c1-17-5-10-22-20(15-17)24(30-29-22)25(32)31-14-12-23-27(2,3)21(11-13-28(23,4)16-31)18-6-8-19(9-7-18)26(33)34/h5-12,15H,13-14,16H2,1-4H3,(H,29,30)(H,33,34)/t28-/m1/s1. The highest BCUT2D eigenvalue weighted by Gasteiger charge is 2.46. The van der Waals surface area contributed by atoms with Crippen LogP contribution in [0.25, 0.3) is 16.5 Å². The minimum Gasteiger partial charge on any atom is -0.478 e. The number of allylic oxidation sites excluding steroid dienone is 2. The monoisotopic (exact) mass is 455 g/mol. The van der Waals surface area contributed by atoms with Gasteiger partial charge in [0.1, 0.15) is 0 Å². The van der Waals surface area contributed by atoms with E-state index in [-0.39, 0.29) is 22.3 Å². The Hall–Kier alpha value is -3.67. The van der Waals surface area contributed by atoms with Crippen molar-refractivity contribution in [3.8, 4) is 0 Å². The lowest BCUT2D eigenvalue weighted by atomic mass is 9.58. The van der Waals surface area contributed by atoms with E-state index in [0.717, 1.165) is 28.5 Å². The third-order valence-electron chi connectivity index (χ3n) is 7.46. The number of aromatic nitrogens is 2. The fourth-order valence-electron chi connectivity index (χ4n) is 5.80. The zero-order chi connectivity index (χ0) is 24.3. The Morgan fingerprint density at radius 1 is 1.06 bits per heavy atom. The predicted molar refractivity (Wildman–Crippen MR) is 133 cm³/mol. The fourth-order valence-corrected chi connectivity index (χ4v) is 5.80. The van der Waals surface area contributed by atoms with Gasteiger partial charge in [-0.2, -0.15) is 5.10 Å². The number of benzene rings is 2. The topological polar surface area (TPSA) is 86.3 Å². The van der Waals surface area contributed by atoms with Gasteiger partial charge in [0.2, 0.25) is 0 Å². The molecule has 1 atom stereocenters. The molecule has 0 unspecified atom stereocenters. The molecule has 2 heterocycles. The first-order valence-electron chi connectivity index (χ1n) is 11.6. The van der Waals surface area contributed by atoms with Gasteiger partial charge in [0.15, 0.2) is 5.69 Å². The molecule has 1 aromatic heterocycles. The maximum atomic E-state index is 13.5. The van der Waals surface area contributed by atoms with Gasteiger partial charge in [-0.25, -0.2) is 4.79 Å². The Kier molecular flexibility index (Phi) is 5.01. The maximum absolute atomic E-state index is 13.5. The van der Waals surface area contributed by atoms with E-state index in [1.807, 2.05) is 42.2 Å². The number of carboxylic acid groups (broad SMARTS) is 1. The Bertz CT molecular complexity index is 1380. The van der Waals surface area contributed by atoms with Crippen molar-refractivity contribution in [3.05, 3.63) is 82.6 Å². The molecule has 6 heteroatoms. The van der Waals surface area contributed by atoms with Crippen LogP contribution in [-0.4, -0.2) is 45.2 Å². The largest absolute Gasteiger partial charge is 0.478 e. The van der Waals surface area contributed by atoms with Crippen molar-refractivity contribution in [2.75, 3.05) is 13.1 Å². The number of carbonyl (C=O) groups is 2. The van der Waals surface area contributed by atoms with Crippen LogP contribution >= 0.6 is 0 Å². The number of carboxylic acids is 1. The molecule has 2 aliphatic rings. The summed E-state index contributed by atoms with van der Waals surface area (Å²) in [6.07, 6.45) is 5.27. The zero-order valence-corrected chi connectivity index (χ0v) is 20.0. The molecule has 3 aromatic rings. The molecule has 2 N–H and O–H groups in total. The van der Waals surface area contributed by atoms with Crippen molar-refractivity contribution < 1.29 is 14.7 Å². The molecule has 2 aromatic carbocycles. The van der Waals surface area contributed by atoms with Crippen LogP contribution in [0.2, 0.25) is 0 Å². The van der Waals surface area contributed by atoms with Crippen molar-refractivity contribution in [3.63, 3.8) is 0 Å². The molecule has 0 spiro atoms. The minimum absolute atomic E-state index is 0.0507. The second kappa shape index (κ2) is 7.69. The van der Waals surface area contributed by atoms with E-state index < -0.39 is 5.97 Å². The predicted octanol–water partition coefficient (Wildman–Crippen LogP) is 5.47. The lowest BCUT2D eigenvalue weighted by Gasteiger charge is -2.50. The molecule has 34 heavy (non-hydrogen) atoms. The Labute approximate surface area is 199 Å². The van der Waals surface area contributed by atoms with E-state index in [0.29, 0.717) is 18.8 Å². The summed E-state index contributed by atoms with van der Waals surface area (Å²) in [5, 5.41) is 17.4. The number of aromatic carboxylic acids is 1. The van der Waals surface area contributed by atoms with Crippen molar-refractivity contribution in [2.24, 2.45) is 10.8 Å². The molecule has 1 aliphatic carbocycles. The number of rotatable bonds is 3. The van der Waals surface area contributed by atoms with Gasteiger partial charge in [0.05, 0.1) is 11.1 Å². The summed E-state index contributed by atoms with van der Waals surface area (Å²) in [5.41, 5.74) is 5.88. The maximum Gasteiger partial charge on any atom is 0.335 e. The summed E-state index contributed by atoms with van der Waals surface area (Å²) < 4.78 is 0. The number of H-pyrrole nitrogens is 1. The van der Waals surface area contributed by atoms with Crippen molar-refractivity contribution >= 4 is 28.4 Å². The minimum atomic E-state index is -0.921. The number of nitrogens with one attached hydrogen (secondary N) is 1. The quantitative estimate of drug-likeness (QED) is 0.513. The van der Waals surface area contributed by atoms with E-state index in [1.54, 1.807) is 12.1 Å². The average Bonchev–Trinajstić information content (AvgIpc) is 3.21. The van der Waals surface area contributed by atoms with Gasteiger partial charge in [-0.3, -0.25) is 9.89 Å². The zero-order valence-electron chi connectivity index (χ0n) is 20.0. The summed E-state index contributed by atoms with van der Waals surface area (Å²) in [4.78, 5) is 26.6. The van der Waals surface area contributed by atoms with Crippen LogP contribution in [0.3, 0.4) is 0 Å². The van der Waals surface area contributed by atoms with Crippen LogP contribution in [0.4, 0.5) is 0 Å². The SMILES string of the molecule is Cc1ccc2[nH]nc(C(=O)N3CC=C4C(C)(C)C(c5ccc(C(=O)O)cc5)=CC[C@]4(C)C3)c2c1. The molecule has 0 saturated heterocycles. The molecule has 1 aliphatic heterocycles. The van der Waals surface area contributed by atoms with E-state index in [4.69, 9.17) is 0 Å². The van der Waals surface area contributed by atoms with Crippen LogP contribution < -0.4 is 0 Å². The highest BCUT2D eigenvalue weighted by Crippen LogP contribution is 2.55. The third kappa shape index (κ3) is 3.45. The van der Waals surface area contributed by atoms with Crippen molar-refractivity contribution in [1.29, 1.82) is 0 Å². The molecule has 0 bridgehead atoms. The lowest BCUT2D eigenvalue weighted by Crippen LogP contribution is -2.48. The van der Waals surface area contributed by atoms with Crippen LogP contribution in [0, 0.1) is 17.8 Å². The molecule has 5 rings (SSSR count). The summed E-state index contributed by atoms with van der Waals surface area (Å²) in [6, 6.07) is 13.1. The van der Waals surface area contributed by atoms with Crippen LogP contribution in [0.15, 0.2) is 60.2 Å². The number of aromatic amines is 1. The smallest absolute Gasteiger partial charge is 0.335 e. The Morgan fingerprint density at radius 3 is 2.50 bits per heavy atom. The van der Waals surface area contributed by atoms with Gasteiger partial charge < -0.3 is 10.0 Å². The number of carbonyl (C=O) groups excluding carboxylic acids is 1. The number of hydrogen-bond acceptors (Lipinski definition) is 3. The molecule has 0 saturated carbocycles. The van der Waals surface area contributed by atoms with Crippen LogP contribution in [-0.2, 0) is 0 Å². The van der Waals surface area contributed by atoms with E-state index in [9.17, 15) is 14.7 Å². The van der Waals surface area contributed by atoms with Gasteiger partial charge in [0.25, 0.3) is 5.91 Å². The number of fused-ring (bicyclic) bond motifs is 2. The third-order valence-corrected chi connectivity index (χ3v) is 7.46. The molecular formula is C28H29N3O3. The van der Waals surface area contributed by atoms with Gasteiger partial charge in [-0.05, 0) is 48.7 Å². The molecular weight excluding hydrogens is 426 g/mol. The molecule has 174 valence electrons. The van der Waals surface area contributed by atoms with Crippen molar-refractivity contribution in [1.82, 2.24) is 15.1 Å². The lowest BCUT2D eigenvalue weighted by molar-refractivity contribution is 0.0675. The van der Waals surface area contributed by atoms with Crippen LogP contribution in [0.1, 0.15) is 59.2 Å². The van der Waals surface area contributed by atoms with Crippen LogP contribution in [0.5, 0.6) is 0 Å². The molecule has 0 fully saturated rings. The highest BCUT2D eigenvalue weighted by molar-refractivity contribution is 6.05. The summed E-state index contributed by atoms with van der Waals surface area (Å²) in [6.45, 7) is 9.85. The second-order valence-corrected chi connectivity index (χ2v) is 10.3. The number of aryl methyl sites for hydroxylation is 1. The normalized spacial score (nSPS) is 21.6. The van der Waals surface area contributed by atoms with Gasteiger partial charge in [-0.15, -0.1) is 0 Å².